The van der Waals surface area contributed by atoms with E-state index in [1.54, 1.807) is 0 Å². The van der Waals surface area contributed by atoms with Gasteiger partial charge < -0.3 is 10.6 Å². The number of nitrogens with zero attached hydrogens (tertiary/aromatic N) is 1. The number of hydrogen-bond donors (Lipinski definition) is 2. The van der Waals surface area contributed by atoms with Crippen LogP contribution < -0.4 is 21.2 Å². The molecule has 0 aliphatic carbocycles. The molecule has 2 aromatic rings. The molecule has 2 aromatic carbocycles. The summed E-state index contributed by atoms with van der Waals surface area (Å²) in [5.41, 5.74) is 3.48. The molecule has 27 heavy (non-hydrogen) atoms. The smallest absolute Gasteiger partial charge is 0.253 e. The molecule has 0 saturated carbocycles. The van der Waals surface area contributed by atoms with Crippen LogP contribution in [0.25, 0.3) is 6.08 Å². The van der Waals surface area contributed by atoms with Gasteiger partial charge in [-0.1, -0.05) is 48.5 Å². The van der Waals surface area contributed by atoms with Crippen molar-refractivity contribution in [2.24, 2.45) is 10.9 Å². The van der Waals surface area contributed by atoms with E-state index in [9.17, 15) is 4.79 Å². The van der Waals surface area contributed by atoms with E-state index >= 15 is 0 Å². The molecule has 3 rings (SSSR count). The summed E-state index contributed by atoms with van der Waals surface area (Å²) >= 11 is 5.33. The van der Waals surface area contributed by atoms with E-state index in [0.717, 1.165) is 34.7 Å². The van der Waals surface area contributed by atoms with Gasteiger partial charge in [0.2, 0.25) is 0 Å². The van der Waals surface area contributed by atoms with Crippen molar-refractivity contribution in [1.82, 2.24) is 10.6 Å². The van der Waals surface area contributed by atoms with E-state index in [0.29, 0.717) is 18.1 Å². The molecule has 140 valence electrons. The van der Waals surface area contributed by atoms with Gasteiger partial charge in [-0.3, -0.25) is 4.79 Å². The van der Waals surface area contributed by atoms with E-state index in [4.69, 9.17) is 12.2 Å². The molecule has 2 N–H and O–H groups in total. The summed E-state index contributed by atoms with van der Waals surface area (Å²) in [4.78, 5) is 16.7. The van der Waals surface area contributed by atoms with Crippen LogP contribution in [0.2, 0.25) is 0 Å². The van der Waals surface area contributed by atoms with Gasteiger partial charge in [-0.2, -0.15) is 0 Å². The Bertz CT molecular complexity index is 954. The van der Waals surface area contributed by atoms with Gasteiger partial charge >= 0.3 is 0 Å². The van der Waals surface area contributed by atoms with E-state index in [1.165, 1.54) is 5.56 Å². The van der Waals surface area contributed by atoms with Crippen LogP contribution in [0.1, 0.15) is 23.1 Å². The van der Waals surface area contributed by atoms with Gasteiger partial charge in [-0.15, -0.1) is 0 Å². The second-order valence-electron chi connectivity index (χ2n) is 6.89. The number of carbonyl (C=O) groups is 1. The van der Waals surface area contributed by atoms with E-state index in [1.807, 2.05) is 31.2 Å². The minimum atomic E-state index is -0.197. The van der Waals surface area contributed by atoms with Crippen molar-refractivity contribution in [1.29, 1.82) is 0 Å². The average molecular weight is 380 g/mol. The second-order valence-corrected chi connectivity index (χ2v) is 7.30. The van der Waals surface area contributed by atoms with Crippen LogP contribution in [0.3, 0.4) is 0 Å². The zero-order chi connectivity index (χ0) is 19.2. The second kappa shape index (κ2) is 8.91. The fourth-order valence-corrected chi connectivity index (χ4v) is 3.42. The average Bonchev–Trinajstić information content (AvgIpc) is 2.66. The SMILES string of the molecule is Cc1ccc(C)c2c1=CC(CCNC(=S)NCCc1ccccc1)C(=O)N=2. The molecule has 1 aliphatic rings. The van der Waals surface area contributed by atoms with Gasteiger partial charge in [0.1, 0.15) is 0 Å². The van der Waals surface area contributed by atoms with Gasteiger partial charge in [0.05, 0.1) is 11.3 Å². The highest BCUT2D eigenvalue weighted by molar-refractivity contribution is 7.80. The summed E-state index contributed by atoms with van der Waals surface area (Å²) in [6.07, 6.45) is 3.65. The van der Waals surface area contributed by atoms with Gasteiger partial charge in [-0.05, 0) is 55.6 Å². The first-order chi connectivity index (χ1) is 13.0. The first-order valence-electron chi connectivity index (χ1n) is 9.31. The highest BCUT2D eigenvalue weighted by Crippen LogP contribution is 2.10. The number of fused-ring (bicyclic) bond motifs is 1. The summed E-state index contributed by atoms with van der Waals surface area (Å²) in [5, 5.41) is 8.94. The Morgan fingerprint density at radius 2 is 1.74 bits per heavy atom. The fourth-order valence-electron chi connectivity index (χ4n) is 3.22. The van der Waals surface area contributed by atoms with Crippen LogP contribution in [0, 0.1) is 19.8 Å². The highest BCUT2D eigenvalue weighted by Gasteiger charge is 2.19. The quantitative estimate of drug-likeness (QED) is 0.754. The lowest BCUT2D eigenvalue weighted by Crippen LogP contribution is -2.40. The molecule has 1 heterocycles. The Kier molecular flexibility index (Phi) is 6.35. The Morgan fingerprint density at radius 1 is 1.04 bits per heavy atom. The molecule has 0 spiro atoms. The molecule has 1 aliphatic heterocycles. The maximum Gasteiger partial charge on any atom is 0.253 e. The Balaban J connectivity index is 1.49. The van der Waals surface area contributed by atoms with Crippen LogP contribution in [0.4, 0.5) is 0 Å². The number of nitrogens with one attached hydrogen (secondary N) is 2. The number of rotatable bonds is 6. The van der Waals surface area contributed by atoms with Crippen LogP contribution in [-0.4, -0.2) is 24.1 Å². The maximum absolute atomic E-state index is 12.4. The molecular weight excluding hydrogens is 354 g/mol. The fraction of sp³-hybridized carbons (Fsp3) is 0.318. The predicted molar refractivity (Wildman–Crippen MR) is 113 cm³/mol. The zero-order valence-corrected chi connectivity index (χ0v) is 16.6. The number of thiocarbonyl (C=S) groups is 1. The molecular formula is C22H25N3OS. The first kappa shape index (κ1) is 19.2. The maximum atomic E-state index is 12.4. The lowest BCUT2D eigenvalue weighted by Gasteiger charge is -2.15. The number of benzene rings is 2. The molecule has 0 aromatic heterocycles. The standard InChI is InChI=1S/C22H25N3OS/c1-15-8-9-16(2)20-19(15)14-18(21(26)25-20)11-13-24-22(27)23-12-10-17-6-4-3-5-7-17/h3-9,14,18H,10-13H2,1-2H3,(H2,23,24,27). The van der Waals surface area contributed by atoms with Crippen molar-refractivity contribution in [2.75, 3.05) is 13.1 Å². The van der Waals surface area contributed by atoms with Crippen LogP contribution in [0.15, 0.2) is 47.5 Å². The lowest BCUT2D eigenvalue weighted by atomic mass is 9.97. The monoisotopic (exact) mass is 379 g/mol. The van der Waals surface area contributed by atoms with Crippen LogP contribution in [0.5, 0.6) is 0 Å². The summed E-state index contributed by atoms with van der Waals surface area (Å²) in [6.45, 7) is 5.47. The molecule has 0 radical (unpaired) electrons. The Morgan fingerprint density at radius 3 is 2.52 bits per heavy atom. The number of carbonyl (C=O) groups excluding carboxylic acids is 1. The minimum absolute atomic E-state index is 0.0686. The molecule has 0 saturated heterocycles. The van der Waals surface area contributed by atoms with Crippen LogP contribution in [-0.2, 0) is 11.2 Å². The van der Waals surface area contributed by atoms with Crippen molar-refractivity contribution in [2.45, 2.75) is 26.7 Å². The van der Waals surface area contributed by atoms with Crippen molar-refractivity contribution in [3.8, 4) is 0 Å². The van der Waals surface area contributed by atoms with Crippen molar-refractivity contribution < 1.29 is 4.79 Å². The molecule has 1 atom stereocenters. The summed E-state index contributed by atoms with van der Waals surface area (Å²) in [6, 6.07) is 14.4. The molecule has 1 amide bonds. The van der Waals surface area contributed by atoms with Crippen molar-refractivity contribution in [3.05, 3.63) is 69.7 Å². The molecule has 0 bridgehead atoms. The number of aryl methyl sites for hydroxylation is 2. The number of amides is 1. The zero-order valence-electron chi connectivity index (χ0n) is 15.8. The lowest BCUT2D eigenvalue weighted by molar-refractivity contribution is -0.120. The summed E-state index contributed by atoms with van der Waals surface area (Å²) in [5.74, 6) is -0.265. The highest BCUT2D eigenvalue weighted by atomic mass is 32.1. The first-order valence-corrected chi connectivity index (χ1v) is 9.71. The Labute approximate surface area is 165 Å². The van der Waals surface area contributed by atoms with E-state index in [-0.39, 0.29) is 11.8 Å². The van der Waals surface area contributed by atoms with E-state index < -0.39 is 0 Å². The summed E-state index contributed by atoms with van der Waals surface area (Å²) in [7, 11) is 0. The minimum Gasteiger partial charge on any atom is -0.363 e. The van der Waals surface area contributed by atoms with Gasteiger partial charge in [0.15, 0.2) is 5.11 Å². The third-order valence-electron chi connectivity index (χ3n) is 4.83. The van der Waals surface area contributed by atoms with Gasteiger partial charge in [0.25, 0.3) is 5.91 Å². The van der Waals surface area contributed by atoms with E-state index in [2.05, 4.69) is 46.8 Å². The normalized spacial score (nSPS) is 15.3. The summed E-state index contributed by atoms with van der Waals surface area (Å²) < 4.78 is 0. The number of hydrogen-bond acceptors (Lipinski definition) is 2. The molecule has 5 heteroatoms. The van der Waals surface area contributed by atoms with Gasteiger partial charge in [0, 0.05) is 18.3 Å². The van der Waals surface area contributed by atoms with Gasteiger partial charge in [-0.25, -0.2) is 4.99 Å². The molecule has 1 unspecified atom stereocenters. The van der Waals surface area contributed by atoms with Crippen LogP contribution >= 0.6 is 12.2 Å². The third-order valence-corrected chi connectivity index (χ3v) is 5.12. The topological polar surface area (TPSA) is 53.5 Å². The molecule has 4 nitrogen and oxygen atoms in total. The van der Waals surface area contributed by atoms with Crippen molar-refractivity contribution >= 4 is 29.3 Å². The Hall–Kier alpha value is -2.53. The largest absolute Gasteiger partial charge is 0.363 e. The third kappa shape index (κ3) is 5.01. The predicted octanol–water partition coefficient (Wildman–Crippen LogP) is 1.96. The molecule has 0 fully saturated rings. The van der Waals surface area contributed by atoms with Crippen molar-refractivity contribution in [3.63, 3.8) is 0 Å².